The van der Waals surface area contributed by atoms with Crippen LogP contribution in [0.3, 0.4) is 0 Å². The summed E-state index contributed by atoms with van der Waals surface area (Å²) in [5.41, 5.74) is 15.4. The molecule has 0 spiro atoms. The van der Waals surface area contributed by atoms with E-state index in [9.17, 15) is 0 Å². The summed E-state index contributed by atoms with van der Waals surface area (Å²) in [7, 11) is 0. The smallest absolute Gasteiger partial charge is 0.143 e. The number of hydrogen-bond acceptors (Lipinski definition) is 2. The number of rotatable bonds is 7. The lowest BCUT2D eigenvalue weighted by Crippen LogP contribution is -2.11. The average Bonchev–Trinajstić information content (AvgIpc) is 3.98. The second-order valence-corrected chi connectivity index (χ2v) is 18.0. The van der Waals surface area contributed by atoms with Crippen molar-refractivity contribution in [2.45, 2.75) is 0 Å². The van der Waals surface area contributed by atoms with Crippen molar-refractivity contribution in [2.24, 2.45) is 0 Å². The fourth-order valence-electron chi connectivity index (χ4n) is 10.9. The highest BCUT2D eigenvalue weighted by molar-refractivity contribution is 6.17. The molecule has 14 rings (SSSR count). The Kier molecular flexibility index (Phi) is 8.90. The number of anilines is 3. The molecular weight excluding hydrogens is 837 g/mol. The monoisotopic (exact) mass is 878 g/mol. The van der Waals surface area contributed by atoms with Crippen LogP contribution in [-0.2, 0) is 0 Å². The second kappa shape index (κ2) is 15.7. The van der Waals surface area contributed by atoms with E-state index in [2.05, 4.69) is 264 Å². The summed E-state index contributed by atoms with van der Waals surface area (Å²) in [5, 5.41) is 12.1. The molecule has 0 radical (unpaired) electrons. The van der Waals surface area contributed by atoms with Gasteiger partial charge >= 0.3 is 0 Å². The van der Waals surface area contributed by atoms with Crippen LogP contribution in [-0.4, -0.2) is 4.57 Å². The van der Waals surface area contributed by atoms with E-state index >= 15 is 0 Å². The summed E-state index contributed by atoms with van der Waals surface area (Å²) in [6.45, 7) is 0. The number of nitrogens with zero attached hydrogens (tertiary/aromatic N) is 2. The molecule has 0 atom stereocenters. The number of para-hydroxylation sites is 4. The molecule has 0 fully saturated rings. The molecule has 0 amide bonds. The first-order valence-electron chi connectivity index (χ1n) is 23.7. The summed E-state index contributed by atoms with van der Waals surface area (Å²) >= 11 is 0. The van der Waals surface area contributed by atoms with Gasteiger partial charge in [-0.3, -0.25) is 0 Å². The lowest BCUT2D eigenvalue weighted by molar-refractivity contribution is 0.674. The van der Waals surface area contributed by atoms with E-state index in [1.807, 2.05) is 0 Å². The van der Waals surface area contributed by atoms with Crippen molar-refractivity contribution in [1.82, 2.24) is 4.57 Å². The van der Waals surface area contributed by atoms with E-state index in [0.29, 0.717) is 0 Å². The second-order valence-electron chi connectivity index (χ2n) is 18.0. The molecule has 2 heterocycles. The molecule has 12 aromatic carbocycles. The van der Waals surface area contributed by atoms with Crippen LogP contribution in [0.2, 0.25) is 0 Å². The standard InChI is InChI=1S/C66H42N2O/c1-3-17-53-44(13-1)27-28-48-41-49(34-39-54(48)53)55-18-5-8-24-62(55)67(51-37-31-46(32-38-51)57-22-12-23-60-61-40-33-45-14-2-4-19-56(45)66(61)69-65(57)60)50-35-29-43(30-36-50)47-15-11-16-52(42-47)68-63-25-9-6-20-58(63)59-21-7-10-26-64(59)68/h1-42H. The predicted molar refractivity (Wildman–Crippen MR) is 292 cm³/mol. The van der Waals surface area contributed by atoms with E-state index in [1.54, 1.807) is 0 Å². The van der Waals surface area contributed by atoms with Crippen LogP contribution in [0.4, 0.5) is 17.1 Å². The highest BCUT2D eigenvalue weighted by atomic mass is 16.3. The van der Waals surface area contributed by atoms with Gasteiger partial charge in [-0.1, -0.05) is 188 Å². The lowest BCUT2D eigenvalue weighted by atomic mass is 9.96. The SMILES string of the molecule is c1cc(-c2ccc(N(c3ccc(-c4cccc5c4oc4c6ccccc6ccc54)cc3)c3ccccc3-c3ccc4c(ccc5ccccc54)c3)cc2)cc(-n2c3ccccc3c3ccccc32)c1. The van der Waals surface area contributed by atoms with Gasteiger partial charge < -0.3 is 13.9 Å². The zero-order valence-corrected chi connectivity index (χ0v) is 37.6. The van der Waals surface area contributed by atoms with Crippen LogP contribution in [0.15, 0.2) is 259 Å². The first kappa shape index (κ1) is 39.0. The maximum Gasteiger partial charge on any atom is 0.143 e. The molecule has 0 aliphatic carbocycles. The van der Waals surface area contributed by atoms with Gasteiger partial charge in [0.2, 0.25) is 0 Å². The Balaban J connectivity index is 0.889. The topological polar surface area (TPSA) is 21.3 Å². The van der Waals surface area contributed by atoms with Crippen molar-refractivity contribution in [2.75, 3.05) is 4.90 Å². The molecule has 14 aromatic rings. The minimum absolute atomic E-state index is 0.903. The molecule has 0 saturated carbocycles. The van der Waals surface area contributed by atoms with Gasteiger partial charge in [-0.2, -0.15) is 0 Å². The van der Waals surface area contributed by atoms with Crippen LogP contribution in [0.1, 0.15) is 0 Å². The largest absolute Gasteiger partial charge is 0.455 e. The van der Waals surface area contributed by atoms with E-state index in [-0.39, 0.29) is 0 Å². The van der Waals surface area contributed by atoms with Crippen molar-refractivity contribution in [1.29, 1.82) is 0 Å². The molecule has 0 bridgehead atoms. The maximum atomic E-state index is 6.79. The summed E-state index contributed by atoms with van der Waals surface area (Å²) in [6, 6.07) is 92.5. The van der Waals surface area contributed by atoms with E-state index in [1.165, 1.54) is 48.7 Å². The van der Waals surface area contributed by atoms with Gasteiger partial charge in [-0.05, 0) is 116 Å². The van der Waals surface area contributed by atoms with E-state index in [4.69, 9.17) is 4.42 Å². The van der Waals surface area contributed by atoms with Crippen LogP contribution in [0.25, 0.3) is 115 Å². The molecule has 0 N–H and O–H groups in total. The van der Waals surface area contributed by atoms with E-state index < -0.39 is 0 Å². The molecule has 3 heteroatoms. The van der Waals surface area contributed by atoms with E-state index in [0.717, 1.165) is 83.5 Å². The minimum atomic E-state index is 0.903. The molecule has 69 heavy (non-hydrogen) atoms. The van der Waals surface area contributed by atoms with Gasteiger partial charge in [-0.15, -0.1) is 0 Å². The van der Waals surface area contributed by atoms with Crippen molar-refractivity contribution < 1.29 is 4.42 Å². The zero-order valence-electron chi connectivity index (χ0n) is 37.6. The van der Waals surface area contributed by atoms with Gasteiger partial charge in [0.15, 0.2) is 0 Å². The van der Waals surface area contributed by atoms with Crippen LogP contribution < -0.4 is 4.90 Å². The molecule has 3 nitrogen and oxygen atoms in total. The fourth-order valence-corrected chi connectivity index (χ4v) is 10.9. The third kappa shape index (κ3) is 6.36. The van der Waals surface area contributed by atoms with Crippen molar-refractivity contribution in [3.05, 3.63) is 255 Å². The quantitative estimate of drug-likeness (QED) is 0.149. The van der Waals surface area contributed by atoms with Crippen molar-refractivity contribution >= 4 is 93.1 Å². The lowest BCUT2D eigenvalue weighted by Gasteiger charge is -2.28. The van der Waals surface area contributed by atoms with Crippen molar-refractivity contribution in [3.8, 4) is 39.1 Å². The highest BCUT2D eigenvalue weighted by Gasteiger charge is 2.20. The molecule has 0 aliphatic heterocycles. The molecule has 322 valence electrons. The summed E-state index contributed by atoms with van der Waals surface area (Å²) in [5.74, 6) is 0. The number of benzene rings is 12. The Morgan fingerprint density at radius 1 is 0.290 bits per heavy atom. The fraction of sp³-hybridized carbons (Fsp3) is 0. The van der Waals surface area contributed by atoms with Crippen LogP contribution >= 0.6 is 0 Å². The van der Waals surface area contributed by atoms with Crippen molar-refractivity contribution in [3.63, 3.8) is 0 Å². The average molecular weight is 879 g/mol. The first-order valence-corrected chi connectivity index (χ1v) is 23.7. The van der Waals surface area contributed by atoms with Gasteiger partial charge in [0, 0.05) is 55.1 Å². The molecule has 0 unspecified atom stereocenters. The number of aromatic nitrogens is 1. The van der Waals surface area contributed by atoms with Crippen LogP contribution in [0.5, 0.6) is 0 Å². The molecule has 2 aromatic heterocycles. The third-order valence-corrected chi connectivity index (χ3v) is 14.2. The molecular formula is C66H42N2O. The normalized spacial score (nSPS) is 11.8. The molecule has 0 saturated heterocycles. The Morgan fingerprint density at radius 2 is 0.812 bits per heavy atom. The Morgan fingerprint density at radius 3 is 1.58 bits per heavy atom. The summed E-state index contributed by atoms with van der Waals surface area (Å²) in [6.07, 6.45) is 0. The maximum absolute atomic E-state index is 6.79. The van der Waals surface area contributed by atoms with Gasteiger partial charge in [-0.25, -0.2) is 0 Å². The van der Waals surface area contributed by atoms with Gasteiger partial charge in [0.05, 0.1) is 16.7 Å². The third-order valence-electron chi connectivity index (χ3n) is 14.2. The Hall–Kier alpha value is -9.18. The number of furan rings is 1. The Bertz CT molecular complexity index is 4260. The summed E-state index contributed by atoms with van der Waals surface area (Å²) in [4.78, 5) is 2.40. The van der Waals surface area contributed by atoms with Gasteiger partial charge in [0.25, 0.3) is 0 Å². The highest BCUT2D eigenvalue weighted by Crippen LogP contribution is 2.44. The number of fused-ring (bicyclic) bond motifs is 11. The predicted octanol–water partition coefficient (Wildman–Crippen LogP) is 18.6. The summed E-state index contributed by atoms with van der Waals surface area (Å²) < 4.78 is 9.17. The first-order chi connectivity index (χ1) is 34.2. The number of hydrogen-bond donors (Lipinski definition) is 0. The zero-order chi connectivity index (χ0) is 45.4. The van der Waals surface area contributed by atoms with Gasteiger partial charge in [0.1, 0.15) is 11.2 Å². The molecule has 0 aliphatic rings. The Labute approximate surface area is 399 Å². The minimum Gasteiger partial charge on any atom is -0.455 e. The van der Waals surface area contributed by atoms with Crippen LogP contribution in [0, 0.1) is 0 Å².